The Hall–Kier alpha value is -2.64. The molecule has 132 valence electrons. The molecule has 1 unspecified atom stereocenters. The van der Waals surface area contributed by atoms with Crippen LogP contribution in [0.3, 0.4) is 0 Å². The Kier molecular flexibility index (Phi) is 6.73. The first-order chi connectivity index (χ1) is 12.0. The molecule has 8 heteroatoms. The summed E-state index contributed by atoms with van der Waals surface area (Å²) in [5.41, 5.74) is 1.21. The number of nitrogens with zero attached hydrogens (tertiary/aromatic N) is 1. The number of ether oxygens (including phenoxy) is 1. The van der Waals surface area contributed by atoms with E-state index in [0.29, 0.717) is 23.0 Å². The summed E-state index contributed by atoms with van der Waals surface area (Å²) in [7, 11) is 1.47. The molecule has 1 aromatic carbocycles. The lowest BCUT2D eigenvalue weighted by atomic mass is 10.1. The molecule has 0 radical (unpaired) electrons. The van der Waals surface area contributed by atoms with Crippen LogP contribution in [0.15, 0.2) is 42.7 Å². The number of halogens is 1. The van der Waals surface area contributed by atoms with Gasteiger partial charge in [-0.15, -0.1) is 0 Å². The Morgan fingerprint density at radius 1 is 1.36 bits per heavy atom. The fraction of sp³-hybridized carbons (Fsp3) is 0.235. The van der Waals surface area contributed by atoms with Gasteiger partial charge in [0.1, 0.15) is 11.8 Å². The van der Waals surface area contributed by atoms with Crippen LogP contribution in [-0.4, -0.2) is 35.1 Å². The monoisotopic (exact) mass is 363 g/mol. The van der Waals surface area contributed by atoms with E-state index in [9.17, 15) is 14.7 Å². The average molecular weight is 364 g/mol. The summed E-state index contributed by atoms with van der Waals surface area (Å²) in [6, 6.07) is 7.32. The molecular formula is C17H18ClN3O4. The van der Waals surface area contributed by atoms with Crippen LogP contribution in [0, 0.1) is 0 Å². The molecule has 0 saturated carbocycles. The minimum atomic E-state index is -1.11. The fourth-order valence-corrected chi connectivity index (χ4v) is 2.33. The van der Waals surface area contributed by atoms with Gasteiger partial charge in [-0.2, -0.15) is 0 Å². The number of carboxylic acid groups (broad SMARTS) is 1. The van der Waals surface area contributed by atoms with Crippen molar-refractivity contribution >= 4 is 29.2 Å². The number of nitrogens with one attached hydrogen (secondary N) is 2. The zero-order valence-electron chi connectivity index (χ0n) is 13.5. The summed E-state index contributed by atoms with van der Waals surface area (Å²) in [6.45, 7) is 0.290. The first-order valence-corrected chi connectivity index (χ1v) is 7.86. The standard InChI is InChI=1S/C17H18ClN3O4/c1-25-15-5-4-12(18)7-13(15)21-16(22)8-14(17(23)24)20-10-11-3-2-6-19-9-11/h2-7,9,14,20H,8,10H2,1H3,(H,21,22)(H,23,24). The minimum absolute atomic E-state index is 0.245. The number of carbonyl (C=O) groups is 2. The van der Waals surface area contributed by atoms with E-state index >= 15 is 0 Å². The van der Waals surface area contributed by atoms with Gasteiger partial charge in [-0.05, 0) is 29.8 Å². The van der Waals surface area contributed by atoms with E-state index in [1.54, 1.807) is 30.6 Å². The molecule has 2 rings (SSSR count). The van der Waals surface area contributed by atoms with Crippen molar-refractivity contribution < 1.29 is 19.4 Å². The third kappa shape index (κ3) is 5.74. The molecule has 0 spiro atoms. The van der Waals surface area contributed by atoms with Crippen molar-refractivity contribution in [1.29, 1.82) is 0 Å². The van der Waals surface area contributed by atoms with Gasteiger partial charge in [-0.1, -0.05) is 17.7 Å². The number of anilines is 1. The van der Waals surface area contributed by atoms with Crippen molar-refractivity contribution in [2.24, 2.45) is 0 Å². The summed E-state index contributed by atoms with van der Waals surface area (Å²) in [5.74, 6) is -1.14. The molecule has 0 aliphatic heterocycles. The van der Waals surface area contributed by atoms with E-state index in [2.05, 4.69) is 15.6 Å². The van der Waals surface area contributed by atoms with E-state index in [-0.39, 0.29) is 6.42 Å². The van der Waals surface area contributed by atoms with Crippen LogP contribution in [0.5, 0.6) is 5.75 Å². The molecule has 0 aliphatic carbocycles. The number of amides is 1. The Labute approximate surface area is 150 Å². The molecule has 2 aromatic rings. The lowest BCUT2D eigenvalue weighted by Crippen LogP contribution is -2.39. The average Bonchev–Trinajstić information content (AvgIpc) is 2.59. The van der Waals surface area contributed by atoms with Crippen molar-refractivity contribution in [3.8, 4) is 5.75 Å². The van der Waals surface area contributed by atoms with Gasteiger partial charge in [-0.3, -0.25) is 19.9 Å². The first kappa shape index (κ1) is 18.7. The van der Waals surface area contributed by atoms with E-state index in [1.807, 2.05) is 6.07 Å². The Morgan fingerprint density at radius 3 is 2.80 bits per heavy atom. The highest BCUT2D eigenvalue weighted by molar-refractivity contribution is 6.31. The van der Waals surface area contributed by atoms with Gasteiger partial charge in [0.15, 0.2) is 0 Å². The second-order valence-electron chi connectivity index (χ2n) is 5.23. The lowest BCUT2D eigenvalue weighted by molar-refractivity contribution is -0.141. The van der Waals surface area contributed by atoms with Gasteiger partial charge >= 0.3 is 5.97 Å². The fourth-order valence-electron chi connectivity index (χ4n) is 2.16. The van der Waals surface area contributed by atoms with Gasteiger partial charge in [0.25, 0.3) is 0 Å². The number of aliphatic carboxylic acids is 1. The van der Waals surface area contributed by atoms with Gasteiger partial charge in [-0.25, -0.2) is 0 Å². The van der Waals surface area contributed by atoms with Crippen molar-refractivity contribution in [3.05, 3.63) is 53.3 Å². The van der Waals surface area contributed by atoms with Crippen molar-refractivity contribution in [1.82, 2.24) is 10.3 Å². The normalized spacial score (nSPS) is 11.6. The van der Waals surface area contributed by atoms with Crippen molar-refractivity contribution in [3.63, 3.8) is 0 Å². The number of carboxylic acids is 1. The van der Waals surface area contributed by atoms with Crippen molar-refractivity contribution in [2.75, 3.05) is 12.4 Å². The maximum Gasteiger partial charge on any atom is 0.321 e. The van der Waals surface area contributed by atoms with E-state index in [1.165, 1.54) is 13.2 Å². The van der Waals surface area contributed by atoms with Crippen LogP contribution in [0.25, 0.3) is 0 Å². The molecule has 0 aliphatic rings. The van der Waals surface area contributed by atoms with E-state index in [0.717, 1.165) is 5.56 Å². The summed E-state index contributed by atoms with van der Waals surface area (Å²) < 4.78 is 5.15. The molecule has 1 aromatic heterocycles. The third-order valence-electron chi connectivity index (χ3n) is 3.40. The molecule has 0 bridgehead atoms. The Bertz CT molecular complexity index is 740. The molecule has 0 saturated heterocycles. The third-order valence-corrected chi connectivity index (χ3v) is 3.63. The number of aromatic nitrogens is 1. The molecule has 1 heterocycles. The van der Waals surface area contributed by atoms with Gasteiger partial charge < -0.3 is 15.2 Å². The number of carbonyl (C=O) groups excluding carboxylic acids is 1. The van der Waals surface area contributed by atoms with E-state index < -0.39 is 17.9 Å². The predicted molar refractivity (Wildman–Crippen MR) is 93.8 cm³/mol. The summed E-state index contributed by atoms with van der Waals surface area (Å²) >= 11 is 5.91. The second-order valence-corrected chi connectivity index (χ2v) is 5.67. The summed E-state index contributed by atoms with van der Waals surface area (Å²) in [6.07, 6.45) is 3.01. The second kappa shape index (κ2) is 9.00. The van der Waals surface area contributed by atoms with Crippen LogP contribution in [0.4, 0.5) is 5.69 Å². The molecule has 0 fully saturated rings. The maximum absolute atomic E-state index is 12.2. The highest BCUT2D eigenvalue weighted by atomic mass is 35.5. The molecule has 25 heavy (non-hydrogen) atoms. The molecule has 7 nitrogen and oxygen atoms in total. The van der Waals surface area contributed by atoms with Gasteiger partial charge in [0, 0.05) is 24.0 Å². The smallest absolute Gasteiger partial charge is 0.321 e. The first-order valence-electron chi connectivity index (χ1n) is 7.48. The number of hydrogen-bond donors (Lipinski definition) is 3. The lowest BCUT2D eigenvalue weighted by Gasteiger charge is -2.15. The highest BCUT2D eigenvalue weighted by Gasteiger charge is 2.21. The van der Waals surface area contributed by atoms with Crippen LogP contribution in [0.2, 0.25) is 5.02 Å². The molecule has 1 atom stereocenters. The zero-order chi connectivity index (χ0) is 18.2. The molecule has 1 amide bonds. The van der Waals surface area contributed by atoms with Gasteiger partial charge in [0.2, 0.25) is 5.91 Å². The number of hydrogen-bond acceptors (Lipinski definition) is 5. The number of methoxy groups -OCH3 is 1. The minimum Gasteiger partial charge on any atom is -0.495 e. The SMILES string of the molecule is COc1ccc(Cl)cc1NC(=O)CC(NCc1cccnc1)C(=O)O. The number of rotatable bonds is 8. The maximum atomic E-state index is 12.2. The Balaban J connectivity index is 1.98. The van der Waals surface area contributed by atoms with Crippen LogP contribution in [-0.2, 0) is 16.1 Å². The Morgan fingerprint density at radius 2 is 2.16 bits per heavy atom. The van der Waals surface area contributed by atoms with Crippen LogP contribution < -0.4 is 15.4 Å². The highest BCUT2D eigenvalue weighted by Crippen LogP contribution is 2.27. The summed E-state index contributed by atoms with van der Waals surface area (Å²) in [4.78, 5) is 27.5. The quantitative estimate of drug-likeness (QED) is 0.665. The predicted octanol–water partition coefficient (Wildman–Crippen LogP) is 2.32. The molecule has 3 N–H and O–H groups in total. The van der Waals surface area contributed by atoms with E-state index in [4.69, 9.17) is 16.3 Å². The largest absolute Gasteiger partial charge is 0.495 e. The molecular weight excluding hydrogens is 346 g/mol. The van der Waals surface area contributed by atoms with Crippen LogP contribution in [0.1, 0.15) is 12.0 Å². The zero-order valence-corrected chi connectivity index (χ0v) is 14.3. The topological polar surface area (TPSA) is 101 Å². The van der Waals surface area contributed by atoms with Gasteiger partial charge in [0.05, 0.1) is 19.2 Å². The summed E-state index contributed by atoms with van der Waals surface area (Å²) in [5, 5.41) is 15.2. The van der Waals surface area contributed by atoms with Crippen molar-refractivity contribution in [2.45, 2.75) is 19.0 Å². The number of benzene rings is 1. The van der Waals surface area contributed by atoms with Crippen LogP contribution >= 0.6 is 11.6 Å². The number of pyridine rings is 1.